The SMILES string of the molecule is Cc1cc(N)c(C(C)C)c(S(=O)(=O)O)c1. The Kier molecular flexibility index (Phi) is 3.06. The van der Waals surface area contributed by atoms with Crippen LogP contribution in [0.3, 0.4) is 0 Å². The third kappa shape index (κ3) is 2.49. The second kappa shape index (κ2) is 3.83. The topological polar surface area (TPSA) is 80.4 Å². The van der Waals surface area contributed by atoms with Crippen LogP contribution in [0, 0.1) is 6.92 Å². The summed E-state index contributed by atoms with van der Waals surface area (Å²) in [5.74, 6) is -0.0532. The Morgan fingerprint density at radius 2 is 1.87 bits per heavy atom. The van der Waals surface area contributed by atoms with Crippen LogP contribution in [-0.2, 0) is 10.1 Å². The van der Waals surface area contributed by atoms with Crippen LogP contribution in [0.25, 0.3) is 0 Å². The summed E-state index contributed by atoms with van der Waals surface area (Å²) in [4.78, 5) is -0.0880. The fourth-order valence-corrected chi connectivity index (χ4v) is 2.59. The van der Waals surface area contributed by atoms with E-state index in [-0.39, 0.29) is 10.8 Å². The molecule has 5 heteroatoms. The maximum Gasteiger partial charge on any atom is 0.294 e. The summed E-state index contributed by atoms with van der Waals surface area (Å²) >= 11 is 0. The van der Waals surface area contributed by atoms with E-state index in [1.54, 1.807) is 13.0 Å². The average molecular weight is 229 g/mol. The van der Waals surface area contributed by atoms with E-state index in [1.807, 2.05) is 13.8 Å². The molecule has 0 saturated heterocycles. The Morgan fingerprint density at radius 3 is 2.27 bits per heavy atom. The summed E-state index contributed by atoms with van der Waals surface area (Å²) < 4.78 is 31.4. The zero-order valence-corrected chi connectivity index (χ0v) is 9.80. The lowest BCUT2D eigenvalue weighted by Gasteiger charge is -2.14. The van der Waals surface area contributed by atoms with Gasteiger partial charge >= 0.3 is 0 Å². The molecule has 0 spiro atoms. The third-order valence-electron chi connectivity index (χ3n) is 2.17. The van der Waals surface area contributed by atoms with Gasteiger partial charge in [-0.2, -0.15) is 8.42 Å². The molecule has 4 nitrogen and oxygen atoms in total. The average Bonchev–Trinajstić information content (AvgIpc) is 1.99. The lowest BCUT2D eigenvalue weighted by molar-refractivity contribution is 0.481. The molecule has 1 aromatic rings. The van der Waals surface area contributed by atoms with Crippen LogP contribution in [0.5, 0.6) is 0 Å². The first-order chi connectivity index (χ1) is 6.73. The lowest BCUT2D eigenvalue weighted by atomic mass is 9.99. The molecule has 1 aromatic carbocycles. The van der Waals surface area contributed by atoms with E-state index < -0.39 is 10.1 Å². The van der Waals surface area contributed by atoms with E-state index in [1.165, 1.54) is 6.07 Å². The summed E-state index contributed by atoms with van der Waals surface area (Å²) in [6.45, 7) is 5.39. The van der Waals surface area contributed by atoms with Crippen molar-refractivity contribution in [3.05, 3.63) is 23.3 Å². The van der Waals surface area contributed by atoms with Crippen molar-refractivity contribution in [3.63, 3.8) is 0 Å². The molecule has 0 aromatic heterocycles. The first-order valence-electron chi connectivity index (χ1n) is 4.61. The Balaban J connectivity index is 3.62. The molecule has 1 rings (SSSR count). The van der Waals surface area contributed by atoms with Gasteiger partial charge in [-0.15, -0.1) is 0 Å². The highest BCUT2D eigenvalue weighted by Gasteiger charge is 2.20. The molecule has 0 atom stereocenters. The molecule has 0 heterocycles. The summed E-state index contributed by atoms with van der Waals surface area (Å²) in [6, 6.07) is 3.13. The Bertz CT molecular complexity index is 478. The van der Waals surface area contributed by atoms with Crippen molar-refractivity contribution in [1.82, 2.24) is 0 Å². The highest BCUT2D eigenvalue weighted by atomic mass is 32.2. The highest BCUT2D eigenvalue weighted by molar-refractivity contribution is 7.85. The second-order valence-electron chi connectivity index (χ2n) is 3.90. The molecule has 0 aliphatic carbocycles. The second-order valence-corrected chi connectivity index (χ2v) is 5.29. The Morgan fingerprint density at radius 1 is 1.33 bits per heavy atom. The molecule has 0 unspecified atom stereocenters. The molecular weight excluding hydrogens is 214 g/mol. The lowest BCUT2D eigenvalue weighted by Crippen LogP contribution is -2.08. The Labute approximate surface area is 89.9 Å². The van der Waals surface area contributed by atoms with Gasteiger partial charge in [0.15, 0.2) is 0 Å². The number of aryl methyl sites for hydroxylation is 1. The molecule has 0 radical (unpaired) electrons. The van der Waals surface area contributed by atoms with E-state index in [0.717, 1.165) is 0 Å². The summed E-state index contributed by atoms with van der Waals surface area (Å²) in [7, 11) is -4.20. The van der Waals surface area contributed by atoms with Gasteiger partial charge in [0.05, 0.1) is 4.90 Å². The van der Waals surface area contributed by atoms with Gasteiger partial charge in [-0.25, -0.2) is 0 Å². The molecule has 0 bridgehead atoms. The molecule has 0 aliphatic heterocycles. The number of rotatable bonds is 2. The monoisotopic (exact) mass is 229 g/mol. The van der Waals surface area contributed by atoms with Gasteiger partial charge in [-0.05, 0) is 36.1 Å². The normalized spacial score (nSPS) is 12.1. The minimum atomic E-state index is -4.20. The van der Waals surface area contributed by atoms with Crippen LogP contribution < -0.4 is 5.73 Å². The largest absolute Gasteiger partial charge is 0.398 e. The summed E-state index contributed by atoms with van der Waals surface area (Å²) in [5, 5.41) is 0. The third-order valence-corrected chi connectivity index (χ3v) is 3.07. The van der Waals surface area contributed by atoms with Crippen LogP contribution in [0.15, 0.2) is 17.0 Å². The first kappa shape index (κ1) is 12.0. The summed E-state index contributed by atoms with van der Waals surface area (Å²) in [5.41, 5.74) is 7.33. The maximum absolute atomic E-state index is 11.2. The molecule has 0 amide bonds. The number of hydrogen-bond acceptors (Lipinski definition) is 3. The highest BCUT2D eigenvalue weighted by Crippen LogP contribution is 2.30. The molecule has 0 aliphatic rings. The Hall–Kier alpha value is -1.07. The molecule has 15 heavy (non-hydrogen) atoms. The fourth-order valence-electron chi connectivity index (χ4n) is 1.62. The predicted molar refractivity (Wildman–Crippen MR) is 59.5 cm³/mol. The van der Waals surface area contributed by atoms with Crippen molar-refractivity contribution >= 4 is 15.8 Å². The minimum absolute atomic E-state index is 0.0532. The van der Waals surface area contributed by atoms with Gasteiger partial charge < -0.3 is 5.73 Å². The number of hydrogen-bond donors (Lipinski definition) is 2. The molecule has 84 valence electrons. The van der Waals surface area contributed by atoms with Gasteiger partial charge in [-0.3, -0.25) is 4.55 Å². The van der Waals surface area contributed by atoms with E-state index in [9.17, 15) is 8.42 Å². The van der Waals surface area contributed by atoms with Gasteiger partial charge in [0.25, 0.3) is 10.1 Å². The zero-order valence-electron chi connectivity index (χ0n) is 8.98. The van der Waals surface area contributed by atoms with Crippen LogP contribution in [0.1, 0.15) is 30.9 Å². The van der Waals surface area contributed by atoms with E-state index >= 15 is 0 Å². The number of nitrogen functional groups attached to an aromatic ring is 1. The van der Waals surface area contributed by atoms with Gasteiger partial charge in [0.1, 0.15) is 0 Å². The number of anilines is 1. The van der Waals surface area contributed by atoms with Crippen LogP contribution >= 0.6 is 0 Å². The van der Waals surface area contributed by atoms with Gasteiger partial charge in [0.2, 0.25) is 0 Å². The number of benzene rings is 1. The van der Waals surface area contributed by atoms with E-state index in [4.69, 9.17) is 10.3 Å². The van der Waals surface area contributed by atoms with E-state index in [0.29, 0.717) is 16.8 Å². The van der Waals surface area contributed by atoms with Crippen molar-refractivity contribution in [2.75, 3.05) is 5.73 Å². The standard InChI is InChI=1S/C10H15NO3S/c1-6(2)10-8(11)4-7(3)5-9(10)15(12,13)14/h4-6H,11H2,1-3H3,(H,12,13,14). The smallest absolute Gasteiger partial charge is 0.294 e. The van der Waals surface area contributed by atoms with Crippen LogP contribution in [0.2, 0.25) is 0 Å². The van der Waals surface area contributed by atoms with Crippen LogP contribution in [-0.4, -0.2) is 13.0 Å². The first-order valence-corrected chi connectivity index (χ1v) is 6.05. The quantitative estimate of drug-likeness (QED) is 0.600. The van der Waals surface area contributed by atoms with Crippen molar-refractivity contribution in [3.8, 4) is 0 Å². The van der Waals surface area contributed by atoms with Crippen molar-refractivity contribution in [2.24, 2.45) is 0 Å². The molecule has 3 N–H and O–H groups in total. The van der Waals surface area contributed by atoms with Crippen molar-refractivity contribution in [1.29, 1.82) is 0 Å². The molecular formula is C10H15NO3S. The van der Waals surface area contributed by atoms with Gasteiger partial charge in [0, 0.05) is 5.69 Å². The van der Waals surface area contributed by atoms with Crippen LogP contribution in [0.4, 0.5) is 5.69 Å². The fraction of sp³-hybridized carbons (Fsp3) is 0.400. The maximum atomic E-state index is 11.2. The van der Waals surface area contributed by atoms with Gasteiger partial charge in [-0.1, -0.05) is 13.8 Å². The molecule has 0 saturated carbocycles. The van der Waals surface area contributed by atoms with Crippen molar-refractivity contribution < 1.29 is 13.0 Å². The number of nitrogens with two attached hydrogens (primary N) is 1. The summed E-state index contributed by atoms with van der Waals surface area (Å²) in [6.07, 6.45) is 0. The zero-order chi connectivity index (χ0) is 11.8. The minimum Gasteiger partial charge on any atom is -0.398 e. The van der Waals surface area contributed by atoms with E-state index in [2.05, 4.69) is 0 Å². The van der Waals surface area contributed by atoms with Crippen molar-refractivity contribution in [2.45, 2.75) is 31.6 Å². The molecule has 0 fully saturated rings. The predicted octanol–water partition coefficient (Wildman–Crippen LogP) is 1.95.